The molecule has 4 heteroatoms. The third-order valence-corrected chi connectivity index (χ3v) is 2.97. The molecule has 0 spiro atoms. The summed E-state index contributed by atoms with van der Waals surface area (Å²) in [7, 11) is 0. The summed E-state index contributed by atoms with van der Waals surface area (Å²) >= 11 is 0. The van der Waals surface area contributed by atoms with E-state index in [9.17, 15) is 0 Å². The zero-order chi connectivity index (χ0) is 14.3. The van der Waals surface area contributed by atoms with Crippen molar-refractivity contribution in [1.82, 2.24) is 10.1 Å². The molecule has 0 saturated heterocycles. The molecule has 10 radical (unpaired) electrons. The average Bonchev–Trinajstić information content (AvgIpc) is 3.30. The second-order valence-electron chi connectivity index (χ2n) is 4.45. The molecule has 2 aromatic rings. The first-order valence-electron chi connectivity index (χ1n) is 6.69. The molecular weight excluding hydrogens is 316 g/mol. The van der Waals surface area contributed by atoms with Gasteiger partial charge in [-0.2, -0.15) is 0 Å². The molecule has 0 unspecified atom stereocenters. The van der Waals surface area contributed by atoms with E-state index in [1.165, 1.54) is 0 Å². The summed E-state index contributed by atoms with van der Waals surface area (Å²) < 4.78 is 5.28. The van der Waals surface area contributed by atoms with Crippen molar-refractivity contribution in [2.45, 2.75) is 0 Å². The zero-order valence-electron chi connectivity index (χ0n) is 11.7. The minimum atomic E-state index is 0. The van der Waals surface area contributed by atoms with Gasteiger partial charge in [0.05, 0.1) is 5.69 Å². The van der Waals surface area contributed by atoms with Crippen LogP contribution in [-0.4, -0.2) is 10.1 Å². The zero-order valence-corrected chi connectivity index (χ0v) is 12.8. The van der Waals surface area contributed by atoms with Crippen molar-refractivity contribution in [2.24, 2.45) is 0 Å². The van der Waals surface area contributed by atoms with E-state index in [1.807, 2.05) is 76.0 Å². The maximum absolute atomic E-state index is 5.28. The second-order valence-corrected chi connectivity index (χ2v) is 4.45. The van der Waals surface area contributed by atoms with Crippen molar-refractivity contribution >= 4 is 0 Å². The van der Waals surface area contributed by atoms with Crippen LogP contribution in [0.25, 0.3) is 11.3 Å². The average molecular weight is 330 g/mol. The Bertz CT molecular complexity index is 523. The van der Waals surface area contributed by atoms with Crippen LogP contribution in [0.4, 0.5) is 0 Å². The molecule has 0 aliphatic heterocycles. The molecule has 2 saturated carbocycles. The number of rotatable bonds is 2. The molecule has 2 aromatic heterocycles. The van der Waals surface area contributed by atoms with Crippen molar-refractivity contribution in [1.29, 1.82) is 0 Å². The van der Waals surface area contributed by atoms with Gasteiger partial charge in [0.25, 0.3) is 0 Å². The Morgan fingerprint density at radius 2 is 1.55 bits per heavy atom. The van der Waals surface area contributed by atoms with Crippen LogP contribution in [0.15, 0.2) is 35.1 Å². The summed E-state index contributed by atoms with van der Waals surface area (Å²) in [5.74, 6) is 1.81. The monoisotopic (exact) mass is 330 g/mol. The molecule has 2 fully saturated rings. The van der Waals surface area contributed by atoms with Gasteiger partial charge >= 0.3 is 17.1 Å². The molecule has 0 atom stereocenters. The molecule has 2 heterocycles. The Balaban J connectivity index is 0.000000253. The third kappa shape index (κ3) is 4.69. The normalized spacial score (nSPS) is 17.6. The van der Waals surface area contributed by atoms with Crippen molar-refractivity contribution < 1.29 is 21.6 Å². The van der Waals surface area contributed by atoms with E-state index in [0.29, 0.717) is 0 Å². The van der Waals surface area contributed by atoms with Gasteiger partial charge in [0.1, 0.15) is 0 Å². The van der Waals surface area contributed by atoms with Crippen LogP contribution in [0.1, 0.15) is 5.69 Å². The minimum absolute atomic E-state index is 0. The number of hydrogen-bond donors (Lipinski definition) is 0. The van der Waals surface area contributed by atoms with Crippen molar-refractivity contribution in [2.75, 3.05) is 0 Å². The molecule has 3 nitrogen and oxygen atoms in total. The Hall–Kier alpha value is -1.12. The molecule has 2 aliphatic carbocycles. The number of hydrogen-bond acceptors (Lipinski definition) is 3. The topological polar surface area (TPSA) is 38.9 Å². The van der Waals surface area contributed by atoms with Crippen LogP contribution in [0, 0.1) is 63.7 Å². The quantitative estimate of drug-likeness (QED) is 0.791. The summed E-state index contributed by atoms with van der Waals surface area (Å²) in [4.78, 5) is 4.05. The summed E-state index contributed by atoms with van der Waals surface area (Å²) in [5.41, 5.74) is 1.79. The first-order chi connectivity index (χ1) is 10.4. The second kappa shape index (κ2) is 9.12. The standard InChI is InChI=1S/C13H9N2O.C5H5.Fe/c1-2-5-10(4-1)12-8-13(16-15-12)11-6-3-7-14-9-11;1-2-4-5-3-1;/h1-9H;1-5H;/q;;+2. The van der Waals surface area contributed by atoms with Crippen molar-refractivity contribution in [3.63, 3.8) is 0 Å². The van der Waals surface area contributed by atoms with Crippen molar-refractivity contribution in [3.8, 4) is 11.3 Å². The fourth-order valence-corrected chi connectivity index (χ4v) is 1.92. The van der Waals surface area contributed by atoms with Crippen LogP contribution < -0.4 is 0 Å². The van der Waals surface area contributed by atoms with Gasteiger partial charge in [0, 0.05) is 29.9 Å². The van der Waals surface area contributed by atoms with Gasteiger partial charge in [0.2, 0.25) is 0 Å². The molecule has 0 aromatic carbocycles. The van der Waals surface area contributed by atoms with Gasteiger partial charge in [-0.1, -0.05) is 5.16 Å². The van der Waals surface area contributed by atoms with Crippen LogP contribution in [0.2, 0.25) is 0 Å². The molecule has 0 amide bonds. The number of pyridine rings is 1. The Morgan fingerprint density at radius 3 is 2.14 bits per heavy atom. The van der Waals surface area contributed by atoms with Crippen LogP contribution in [0.5, 0.6) is 0 Å². The van der Waals surface area contributed by atoms with E-state index >= 15 is 0 Å². The minimum Gasteiger partial charge on any atom is -0.356 e. The molecule has 0 bridgehead atoms. The predicted molar refractivity (Wildman–Crippen MR) is 80.8 cm³/mol. The fraction of sp³-hybridized carbons (Fsp3) is 0. The number of nitrogens with zero attached hydrogens (tertiary/aromatic N) is 2. The maximum Gasteiger partial charge on any atom is 2.00 e. The Kier molecular flexibility index (Phi) is 7.14. The Labute approximate surface area is 143 Å². The van der Waals surface area contributed by atoms with Crippen molar-refractivity contribution in [3.05, 3.63) is 100.0 Å². The van der Waals surface area contributed by atoms with Gasteiger partial charge in [-0.3, -0.25) is 4.98 Å². The first-order valence-corrected chi connectivity index (χ1v) is 6.69. The summed E-state index contributed by atoms with van der Waals surface area (Å²) in [6.45, 7) is 0. The molecule has 108 valence electrons. The van der Waals surface area contributed by atoms with Gasteiger partial charge in [-0.15, -0.1) is 0 Å². The van der Waals surface area contributed by atoms with Gasteiger partial charge in [-0.05, 0) is 69.9 Å². The van der Waals surface area contributed by atoms with Gasteiger partial charge in [0.15, 0.2) is 5.76 Å². The van der Waals surface area contributed by atoms with Gasteiger partial charge in [-0.25, -0.2) is 0 Å². The smallest absolute Gasteiger partial charge is 0.356 e. The summed E-state index contributed by atoms with van der Waals surface area (Å²) in [6, 6.07) is 5.74. The Morgan fingerprint density at radius 1 is 0.864 bits per heavy atom. The molecule has 0 N–H and O–H groups in total. The molecular formula is C18H14FeN2O+2. The van der Waals surface area contributed by atoms with E-state index < -0.39 is 0 Å². The maximum atomic E-state index is 5.28. The third-order valence-electron chi connectivity index (χ3n) is 2.97. The van der Waals surface area contributed by atoms with Crippen LogP contribution in [0.3, 0.4) is 0 Å². The predicted octanol–water partition coefficient (Wildman–Crippen LogP) is 3.51. The summed E-state index contributed by atoms with van der Waals surface area (Å²) in [5, 5.41) is 4.03. The van der Waals surface area contributed by atoms with Crippen LogP contribution >= 0.6 is 0 Å². The van der Waals surface area contributed by atoms with Crippen LogP contribution in [-0.2, 0) is 17.1 Å². The first kappa shape index (κ1) is 17.2. The fourth-order valence-electron chi connectivity index (χ4n) is 1.92. The van der Waals surface area contributed by atoms with E-state index in [0.717, 1.165) is 22.9 Å². The molecule has 22 heavy (non-hydrogen) atoms. The van der Waals surface area contributed by atoms with E-state index in [1.54, 1.807) is 12.4 Å². The van der Waals surface area contributed by atoms with E-state index in [4.69, 9.17) is 4.52 Å². The largest absolute Gasteiger partial charge is 2.00 e. The molecule has 2 aliphatic rings. The summed E-state index contributed by atoms with van der Waals surface area (Å²) in [6.07, 6.45) is 21.5. The van der Waals surface area contributed by atoms with E-state index in [2.05, 4.69) is 10.1 Å². The van der Waals surface area contributed by atoms with E-state index in [-0.39, 0.29) is 17.1 Å². The molecule has 4 rings (SSSR count). The number of aromatic nitrogens is 2. The SMILES string of the molecule is [CH]1[CH][CH][CH][CH]1.[CH]1[CH][CH][C](c2cc(-c3cccnc3)on2)[CH]1.[Fe+2]. The van der Waals surface area contributed by atoms with Gasteiger partial charge < -0.3 is 4.52 Å².